The van der Waals surface area contributed by atoms with Crippen molar-refractivity contribution in [1.82, 2.24) is 4.98 Å². The topological polar surface area (TPSA) is 101 Å². The second-order valence-electron chi connectivity index (χ2n) is 5.63. The van der Waals surface area contributed by atoms with Crippen molar-refractivity contribution in [3.63, 3.8) is 0 Å². The highest BCUT2D eigenvalue weighted by molar-refractivity contribution is 7.09. The minimum Gasteiger partial charge on any atom is -0.497 e. The molecule has 0 bridgehead atoms. The van der Waals surface area contributed by atoms with Gasteiger partial charge in [-0.05, 0) is 30.3 Å². The van der Waals surface area contributed by atoms with Crippen LogP contribution in [-0.2, 0) is 6.42 Å². The first-order chi connectivity index (χ1) is 13.1. The number of nitrogens with one attached hydrogen (secondary N) is 1. The number of nitrogens with zero attached hydrogens (tertiary/aromatic N) is 3. The summed E-state index contributed by atoms with van der Waals surface area (Å²) in [5, 5.41) is 26.1. The van der Waals surface area contributed by atoms with Crippen LogP contribution in [0.25, 0.3) is 11.3 Å². The highest BCUT2D eigenvalue weighted by atomic mass is 32.1. The third kappa shape index (κ3) is 4.40. The van der Waals surface area contributed by atoms with Crippen molar-refractivity contribution in [2.75, 3.05) is 19.0 Å². The number of nitro groups is 1. The molecule has 0 saturated carbocycles. The van der Waals surface area contributed by atoms with E-state index in [0.717, 1.165) is 22.0 Å². The zero-order chi connectivity index (χ0) is 19.2. The van der Waals surface area contributed by atoms with Crippen LogP contribution in [0, 0.1) is 21.4 Å². The molecule has 2 aromatic carbocycles. The summed E-state index contributed by atoms with van der Waals surface area (Å²) in [6.45, 7) is 0.571. The Morgan fingerprint density at radius 1 is 1.30 bits per heavy atom. The zero-order valence-corrected chi connectivity index (χ0v) is 15.3. The van der Waals surface area contributed by atoms with Crippen molar-refractivity contribution in [1.29, 1.82) is 5.26 Å². The van der Waals surface area contributed by atoms with Crippen LogP contribution < -0.4 is 10.1 Å². The van der Waals surface area contributed by atoms with E-state index in [1.54, 1.807) is 24.5 Å². The summed E-state index contributed by atoms with van der Waals surface area (Å²) in [7, 11) is 1.63. The van der Waals surface area contributed by atoms with Gasteiger partial charge in [0.2, 0.25) is 0 Å². The fraction of sp³-hybridized carbons (Fsp3) is 0.158. The van der Waals surface area contributed by atoms with Crippen LogP contribution in [-0.4, -0.2) is 23.6 Å². The van der Waals surface area contributed by atoms with Gasteiger partial charge in [-0.25, -0.2) is 4.98 Å². The highest BCUT2D eigenvalue weighted by Crippen LogP contribution is 2.25. The number of anilines is 1. The van der Waals surface area contributed by atoms with E-state index < -0.39 is 4.92 Å². The lowest BCUT2D eigenvalue weighted by molar-refractivity contribution is -0.384. The lowest BCUT2D eigenvalue weighted by atomic mass is 10.1. The Balaban J connectivity index is 1.62. The lowest BCUT2D eigenvalue weighted by Crippen LogP contribution is -2.06. The number of rotatable bonds is 7. The molecule has 0 aliphatic rings. The average molecular weight is 380 g/mol. The Morgan fingerprint density at radius 2 is 2.07 bits per heavy atom. The fourth-order valence-corrected chi connectivity index (χ4v) is 3.32. The molecule has 1 aromatic heterocycles. The summed E-state index contributed by atoms with van der Waals surface area (Å²) in [6.07, 6.45) is 0.683. The molecule has 1 heterocycles. The van der Waals surface area contributed by atoms with Crippen LogP contribution in [0.15, 0.2) is 47.8 Å². The molecule has 7 nitrogen and oxygen atoms in total. The summed E-state index contributed by atoms with van der Waals surface area (Å²) >= 11 is 1.57. The van der Waals surface area contributed by atoms with Gasteiger partial charge >= 0.3 is 0 Å². The summed E-state index contributed by atoms with van der Waals surface area (Å²) < 4.78 is 5.16. The van der Waals surface area contributed by atoms with E-state index >= 15 is 0 Å². The Morgan fingerprint density at radius 3 is 2.74 bits per heavy atom. The minimum absolute atomic E-state index is 0.0962. The van der Waals surface area contributed by atoms with Crippen LogP contribution in [0.4, 0.5) is 11.4 Å². The van der Waals surface area contributed by atoms with Crippen molar-refractivity contribution in [2.45, 2.75) is 6.42 Å². The number of benzene rings is 2. The van der Waals surface area contributed by atoms with Crippen molar-refractivity contribution in [3.8, 4) is 23.1 Å². The van der Waals surface area contributed by atoms with Gasteiger partial charge in [0.25, 0.3) is 5.69 Å². The van der Waals surface area contributed by atoms with Gasteiger partial charge in [0, 0.05) is 36.0 Å². The second-order valence-corrected chi connectivity index (χ2v) is 6.57. The molecule has 0 unspecified atom stereocenters. The standard InChI is InChI=1S/C19H16N4O3S/c1-26-16-5-2-13(3-6-16)18-12-27-19(22-18)8-9-21-17-7-4-15(23(24)25)10-14(17)11-20/h2-7,10,12,21H,8-9H2,1H3. The molecule has 27 heavy (non-hydrogen) atoms. The molecule has 0 atom stereocenters. The van der Waals surface area contributed by atoms with Gasteiger partial charge in [-0.3, -0.25) is 10.1 Å². The van der Waals surface area contributed by atoms with E-state index in [4.69, 9.17) is 4.74 Å². The van der Waals surface area contributed by atoms with Crippen LogP contribution in [0.2, 0.25) is 0 Å². The first kappa shape index (κ1) is 18.4. The predicted octanol–water partition coefficient (Wildman–Crippen LogP) is 4.25. The van der Waals surface area contributed by atoms with E-state index in [-0.39, 0.29) is 11.3 Å². The molecule has 136 valence electrons. The summed E-state index contributed by atoms with van der Waals surface area (Å²) in [5.41, 5.74) is 2.66. The molecular formula is C19H16N4O3S. The molecule has 0 radical (unpaired) electrons. The minimum atomic E-state index is -0.513. The molecule has 0 amide bonds. The smallest absolute Gasteiger partial charge is 0.270 e. The normalized spacial score (nSPS) is 10.2. The Labute approximate surface area is 160 Å². The molecule has 0 fully saturated rings. The van der Waals surface area contributed by atoms with Gasteiger partial charge in [-0.15, -0.1) is 11.3 Å². The largest absolute Gasteiger partial charge is 0.497 e. The van der Waals surface area contributed by atoms with Gasteiger partial charge in [-0.2, -0.15) is 5.26 Å². The number of ether oxygens (including phenoxy) is 1. The van der Waals surface area contributed by atoms with Crippen LogP contribution in [0.1, 0.15) is 10.6 Å². The molecule has 0 spiro atoms. The summed E-state index contributed by atoms with van der Waals surface area (Å²) in [4.78, 5) is 14.9. The fourth-order valence-electron chi connectivity index (χ4n) is 2.52. The average Bonchev–Trinajstić information content (AvgIpc) is 3.17. The summed E-state index contributed by atoms with van der Waals surface area (Å²) in [5.74, 6) is 0.801. The Kier molecular flexibility index (Phi) is 5.64. The lowest BCUT2D eigenvalue weighted by Gasteiger charge is -2.07. The van der Waals surface area contributed by atoms with E-state index in [2.05, 4.69) is 10.3 Å². The molecule has 8 heteroatoms. The maximum atomic E-state index is 10.8. The maximum Gasteiger partial charge on any atom is 0.270 e. The van der Waals surface area contributed by atoms with E-state index in [1.807, 2.05) is 35.7 Å². The van der Waals surface area contributed by atoms with Crippen molar-refractivity contribution >= 4 is 22.7 Å². The number of hydrogen-bond donors (Lipinski definition) is 1. The SMILES string of the molecule is COc1ccc(-c2csc(CCNc3ccc([N+](=O)[O-])cc3C#N)n2)cc1. The molecule has 0 aliphatic carbocycles. The van der Waals surface area contributed by atoms with Gasteiger partial charge < -0.3 is 10.1 Å². The molecule has 0 aliphatic heterocycles. The zero-order valence-electron chi connectivity index (χ0n) is 14.5. The van der Waals surface area contributed by atoms with Gasteiger partial charge in [-0.1, -0.05) is 0 Å². The molecule has 1 N–H and O–H groups in total. The number of thiazole rings is 1. The number of non-ortho nitro benzene ring substituents is 1. The third-order valence-electron chi connectivity index (χ3n) is 3.93. The van der Waals surface area contributed by atoms with E-state index in [9.17, 15) is 15.4 Å². The van der Waals surface area contributed by atoms with Gasteiger partial charge in [0.05, 0.1) is 34.0 Å². The molecule has 0 saturated heterocycles. The van der Waals surface area contributed by atoms with Crippen molar-refractivity contribution in [3.05, 3.63) is 68.5 Å². The number of aromatic nitrogens is 1. The first-order valence-corrected chi connectivity index (χ1v) is 9.00. The molecular weight excluding hydrogens is 364 g/mol. The Bertz CT molecular complexity index is 993. The monoisotopic (exact) mass is 380 g/mol. The van der Waals surface area contributed by atoms with E-state index in [0.29, 0.717) is 18.7 Å². The third-order valence-corrected chi connectivity index (χ3v) is 4.83. The number of nitriles is 1. The highest BCUT2D eigenvalue weighted by Gasteiger charge is 2.11. The van der Waals surface area contributed by atoms with Gasteiger partial charge in [0.1, 0.15) is 11.8 Å². The van der Waals surface area contributed by atoms with Crippen LogP contribution >= 0.6 is 11.3 Å². The quantitative estimate of drug-likeness (QED) is 0.486. The van der Waals surface area contributed by atoms with Crippen LogP contribution in [0.3, 0.4) is 0 Å². The van der Waals surface area contributed by atoms with Gasteiger partial charge in [0.15, 0.2) is 0 Å². The van der Waals surface area contributed by atoms with Crippen LogP contribution in [0.5, 0.6) is 5.75 Å². The number of nitro benzene ring substituents is 1. The second kappa shape index (κ2) is 8.29. The van der Waals surface area contributed by atoms with Crippen molar-refractivity contribution < 1.29 is 9.66 Å². The first-order valence-electron chi connectivity index (χ1n) is 8.12. The summed E-state index contributed by atoms with van der Waals surface area (Å²) in [6, 6.07) is 13.9. The predicted molar refractivity (Wildman–Crippen MR) is 104 cm³/mol. The van der Waals surface area contributed by atoms with Crippen molar-refractivity contribution in [2.24, 2.45) is 0 Å². The Hall–Kier alpha value is -3.44. The maximum absolute atomic E-state index is 10.8. The number of methoxy groups -OCH3 is 1. The molecule has 3 aromatic rings. The number of hydrogen-bond acceptors (Lipinski definition) is 7. The van der Waals surface area contributed by atoms with E-state index in [1.165, 1.54) is 12.1 Å². The molecule has 3 rings (SSSR count).